The van der Waals surface area contributed by atoms with Crippen molar-refractivity contribution in [2.24, 2.45) is 0 Å². The van der Waals surface area contributed by atoms with Crippen molar-refractivity contribution in [2.45, 2.75) is 58.0 Å². The Balaban J connectivity index is 3.66. The summed E-state index contributed by atoms with van der Waals surface area (Å²) in [6.07, 6.45) is 28.7. The highest BCUT2D eigenvalue weighted by Gasteiger charge is 1.92. The molecule has 0 spiro atoms. The molecule has 0 heterocycles. The van der Waals surface area contributed by atoms with Crippen LogP contribution in [0, 0.1) is 0 Å². The van der Waals surface area contributed by atoms with Gasteiger partial charge in [-0.3, -0.25) is 4.79 Å². The Bertz CT molecular complexity index is 493. The Morgan fingerprint density at radius 3 is 2.04 bits per heavy atom. The maximum Gasteiger partial charge on any atom is 0.303 e. The molecule has 0 aliphatic carbocycles. The standard InChI is InChI=1S/C22H32O3/c1-2-3-15-18-21(23)19-16-13-11-9-7-5-4-6-8-10-12-14-17-20-22(24)25/h3,5-8,11-16,19,21,23H,2,4,9-10,17-18,20H2,1H3,(H,24,25)/t21-/m1/s1. The maximum atomic E-state index is 10.3. The summed E-state index contributed by atoms with van der Waals surface area (Å²) in [5, 5.41) is 18.2. The van der Waals surface area contributed by atoms with Gasteiger partial charge in [-0.1, -0.05) is 79.8 Å². The number of aliphatic hydroxyl groups excluding tert-OH is 1. The molecule has 0 aromatic heterocycles. The van der Waals surface area contributed by atoms with Crippen molar-refractivity contribution in [3.63, 3.8) is 0 Å². The first-order valence-electron chi connectivity index (χ1n) is 9.00. The Morgan fingerprint density at radius 1 is 0.840 bits per heavy atom. The fourth-order valence-corrected chi connectivity index (χ4v) is 1.87. The zero-order valence-electron chi connectivity index (χ0n) is 15.3. The SMILES string of the molecule is CCC=CC[C@@H](O)C=CC=CCC=CCC=CCC=CCCC(=O)O. The molecule has 0 saturated heterocycles. The molecule has 25 heavy (non-hydrogen) atoms. The molecule has 0 unspecified atom stereocenters. The van der Waals surface area contributed by atoms with Crippen molar-refractivity contribution >= 4 is 5.97 Å². The van der Waals surface area contributed by atoms with Gasteiger partial charge in [-0.2, -0.15) is 0 Å². The summed E-state index contributed by atoms with van der Waals surface area (Å²) >= 11 is 0. The summed E-state index contributed by atoms with van der Waals surface area (Å²) in [6, 6.07) is 0. The molecule has 0 aromatic rings. The van der Waals surface area contributed by atoms with E-state index in [4.69, 9.17) is 5.11 Å². The minimum absolute atomic E-state index is 0.195. The van der Waals surface area contributed by atoms with Crippen LogP contribution < -0.4 is 0 Å². The highest BCUT2D eigenvalue weighted by molar-refractivity contribution is 5.66. The number of carbonyl (C=O) groups is 1. The van der Waals surface area contributed by atoms with Crippen molar-refractivity contribution in [2.75, 3.05) is 0 Å². The third-order valence-corrected chi connectivity index (χ3v) is 3.20. The second kappa shape index (κ2) is 18.2. The Morgan fingerprint density at radius 2 is 1.44 bits per heavy atom. The monoisotopic (exact) mass is 344 g/mol. The average molecular weight is 344 g/mol. The normalized spacial score (nSPS) is 14.3. The third-order valence-electron chi connectivity index (χ3n) is 3.20. The van der Waals surface area contributed by atoms with Crippen molar-refractivity contribution in [1.29, 1.82) is 0 Å². The van der Waals surface area contributed by atoms with Crippen LogP contribution in [0.25, 0.3) is 0 Å². The second-order valence-electron chi connectivity index (χ2n) is 5.55. The van der Waals surface area contributed by atoms with Crippen LogP contribution in [0.15, 0.2) is 72.9 Å². The molecular weight excluding hydrogens is 312 g/mol. The number of hydrogen-bond acceptors (Lipinski definition) is 2. The van der Waals surface area contributed by atoms with Gasteiger partial charge in [0.05, 0.1) is 6.10 Å². The van der Waals surface area contributed by atoms with Crippen LogP contribution in [-0.2, 0) is 4.79 Å². The van der Waals surface area contributed by atoms with Crippen LogP contribution in [0.4, 0.5) is 0 Å². The van der Waals surface area contributed by atoms with Gasteiger partial charge in [-0.25, -0.2) is 0 Å². The van der Waals surface area contributed by atoms with E-state index in [9.17, 15) is 9.90 Å². The van der Waals surface area contributed by atoms with E-state index in [2.05, 4.69) is 43.4 Å². The molecule has 0 bridgehead atoms. The zero-order valence-corrected chi connectivity index (χ0v) is 15.3. The predicted molar refractivity (Wildman–Crippen MR) is 106 cm³/mol. The summed E-state index contributed by atoms with van der Waals surface area (Å²) in [4.78, 5) is 10.3. The summed E-state index contributed by atoms with van der Waals surface area (Å²) in [6.45, 7) is 2.08. The van der Waals surface area contributed by atoms with Crippen molar-refractivity contribution in [3.8, 4) is 0 Å². The summed E-state index contributed by atoms with van der Waals surface area (Å²) in [5.74, 6) is -0.754. The molecule has 0 saturated carbocycles. The number of aliphatic hydroxyl groups is 1. The van der Waals surface area contributed by atoms with Gasteiger partial charge >= 0.3 is 5.97 Å². The van der Waals surface area contributed by atoms with E-state index in [1.54, 1.807) is 6.08 Å². The zero-order chi connectivity index (χ0) is 18.6. The lowest BCUT2D eigenvalue weighted by molar-refractivity contribution is -0.136. The molecule has 3 nitrogen and oxygen atoms in total. The maximum absolute atomic E-state index is 10.3. The molecule has 2 N–H and O–H groups in total. The Kier molecular flexibility index (Phi) is 16.7. The molecule has 3 heteroatoms. The molecule has 0 aromatic carbocycles. The first-order valence-corrected chi connectivity index (χ1v) is 9.00. The first kappa shape index (κ1) is 22.9. The third kappa shape index (κ3) is 19.8. The van der Waals surface area contributed by atoms with Crippen LogP contribution in [0.1, 0.15) is 51.9 Å². The Hall–Kier alpha value is -2.13. The molecule has 0 rings (SSSR count). The van der Waals surface area contributed by atoms with Gasteiger partial charge in [-0.05, 0) is 38.5 Å². The Labute approximate surface area is 152 Å². The van der Waals surface area contributed by atoms with E-state index >= 15 is 0 Å². The lowest BCUT2D eigenvalue weighted by atomic mass is 10.2. The van der Waals surface area contributed by atoms with Gasteiger partial charge in [-0.15, -0.1) is 0 Å². The van der Waals surface area contributed by atoms with E-state index in [0.717, 1.165) is 25.7 Å². The summed E-state index contributed by atoms with van der Waals surface area (Å²) in [7, 11) is 0. The van der Waals surface area contributed by atoms with Crippen molar-refractivity contribution < 1.29 is 15.0 Å². The molecule has 0 amide bonds. The van der Waals surface area contributed by atoms with Gasteiger partial charge in [0, 0.05) is 6.42 Å². The second-order valence-corrected chi connectivity index (χ2v) is 5.55. The van der Waals surface area contributed by atoms with Crippen molar-refractivity contribution in [3.05, 3.63) is 72.9 Å². The molecule has 1 atom stereocenters. The number of rotatable bonds is 14. The lowest BCUT2D eigenvalue weighted by Crippen LogP contribution is -1.98. The van der Waals surface area contributed by atoms with Gasteiger partial charge in [0.2, 0.25) is 0 Å². The number of aliphatic carboxylic acids is 1. The molecule has 0 aliphatic heterocycles. The van der Waals surface area contributed by atoms with E-state index in [-0.39, 0.29) is 6.42 Å². The van der Waals surface area contributed by atoms with Crippen molar-refractivity contribution in [1.82, 2.24) is 0 Å². The lowest BCUT2D eigenvalue weighted by Gasteiger charge is -1.98. The number of hydrogen-bond donors (Lipinski definition) is 2. The number of carboxylic acid groups (broad SMARTS) is 1. The van der Waals surface area contributed by atoms with Crippen LogP contribution in [0.2, 0.25) is 0 Å². The van der Waals surface area contributed by atoms with Gasteiger partial charge in [0.1, 0.15) is 0 Å². The quantitative estimate of drug-likeness (QED) is 0.322. The summed E-state index contributed by atoms with van der Waals surface area (Å²) < 4.78 is 0. The van der Waals surface area contributed by atoms with Gasteiger partial charge < -0.3 is 10.2 Å². The van der Waals surface area contributed by atoms with Crippen LogP contribution >= 0.6 is 0 Å². The molecule has 0 fully saturated rings. The van der Waals surface area contributed by atoms with E-state index in [1.165, 1.54) is 0 Å². The first-order chi connectivity index (χ1) is 12.2. The minimum Gasteiger partial charge on any atom is -0.481 e. The minimum atomic E-state index is -0.754. The van der Waals surface area contributed by atoms with Gasteiger partial charge in [0.15, 0.2) is 0 Å². The fraction of sp³-hybridized carbons (Fsp3) is 0.409. The molecule has 0 radical (unpaired) electrons. The van der Waals surface area contributed by atoms with Gasteiger partial charge in [0.25, 0.3) is 0 Å². The topological polar surface area (TPSA) is 57.5 Å². The predicted octanol–water partition coefficient (Wildman–Crippen LogP) is 5.52. The largest absolute Gasteiger partial charge is 0.481 e. The average Bonchev–Trinajstić information content (AvgIpc) is 2.58. The number of allylic oxidation sites excluding steroid dienone is 10. The molecule has 138 valence electrons. The van der Waals surface area contributed by atoms with Crippen LogP contribution in [0.5, 0.6) is 0 Å². The molecular formula is C22H32O3. The smallest absolute Gasteiger partial charge is 0.303 e. The van der Waals surface area contributed by atoms with Crippen LogP contribution in [0.3, 0.4) is 0 Å². The molecule has 0 aliphatic rings. The number of carboxylic acids is 1. The fourth-order valence-electron chi connectivity index (χ4n) is 1.87. The van der Waals surface area contributed by atoms with E-state index < -0.39 is 12.1 Å². The van der Waals surface area contributed by atoms with E-state index in [0.29, 0.717) is 12.8 Å². The van der Waals surface area contributed by atoms with Crippen LogP contribution in [-0.4, -0.2) is 22.3 Å². The summed E-state index contributed by atoms with van der Waals surface area (Å²) in [5.41, 5.74) is 0. The highest BCUT2D eigenvalue weighted by atomic mass is 16.4. The van der Waals surface area contributed by atoms with E-state index in [1.807, 2.05) is 30.4 Å². The highest BCUT2D eigenvalue weighted by Crippen LogP contribution is 1.98.